The lowest BCUT2D eigenvalue weighted by molar-refractivity contribution is 0.398. The second kappa shape index (κ2) is 6.25. The van der Waals surface area contributed by atoms with Crippen LogP contribution in [0.2, 0.25) is 0 Å². The van der Waals surface area contributed by atoms with E-state index in [9.17, 15) is 0 Å². The first kappa shape index (κ1) is 14.6. The third-order valence-electron chi connectivity index (χ3n) is 3.52. The van der Waals surface area contributed by atoms with Gasteiger partial charge in [0.25, 0.3) is 0 Å². The summed E-state index contributed by atoms with van der Waals surface area (Å²) in [5, 5.41) is 8.73. The summed E-state index contributed by atoms with van der Waals surface area (Å²) in [5.41, 5.74) is 2.99. The van der Waals surface area contributed by atoms with E-state index in [-0.39, 0.29) is 0 Å². The number of rotatable bonds is 5. The number of ether oxygens (including phenoxy) is 1. The van der Waals surface area contributed by atoms with Gasteiger partial charge in [0.05, 0.1) is 19.0 Å². The predicted molar refractivity (Wildman–Crippen MR) is 92.2 cm³/mol. The monoisotopic (exact) mass is 338 g/mol. The molecule has 1 N–H and O–H groups in total. The van der Waals surface area contributed by atoms with Gasteiger partial charge in [-0.15, -0.1) is 5.10 Å². The Balaban J connectivity index is 1.58. The summed E-state index contributed by atoms with van der Waals surface area (Å²) in [4.78, 5) is 13.5. The molecule has 0 radical (unpaired) electrons. The van der Waals surface area contributed by atoms with Crippen molar-refractivity contribution < 1.29 is 4.74 Å². The van der Waals surface area contributed by atoms with Crippen LogP contribution in [0.25, 0.3) is 16.2 Å². The van der Waals surface area contributed by atoms with Crippen molar-refractivity contribution in [1.29, 1.82) is 0 Å². The van der Waals surface area contributed by atoms with Crippen LogP contribution >= 0.6 is 11.3 Å². The second-order valence-corrected chi connectivity index (χ2v) is 6.00. The summed E-state index contributed by atoms with van der Waals surface area (Å²) < 4.78 is 6.91. The Kier molecular flexibility index (Phi) is 3.80. The maximum Gasteiger partial charge on any atom is 0.214 e. The van der Waals surface area contributed by atoms with Crippen LogP contribution in [0.15, 0.2) is 49.1 Å². The van der Waals surface area contributed by atoms with Crippen molar-refractivity contribution >= 4 is 21.4 Å². The van der Waals surface area contributed by atoms with E-state index in [1.165, 1.54) is 11.3 Å². The molecule has 0 atom stereocenters. The highest BCUT2D eigenvalue weighted by atomic mass is 32.1. The number of aromatic nitrogens is 5. The molecule has 0 amide bonds. The molecule has 0 saturated carbocycles. The van der Waals surface area contributed by atoms with Crippen molar-refractivity contribution in [2.75, 3.05) is 12.4 Å². The van der Waals surface area contributed by atoms with Crippen LogP contribution in [-0.4, -0.2) is 31.7 Å². The number of pyridine rings is 2. The van der Waals surface area contributed by atoms with Crippen molar-refractivity contribution in [3.05, 3.63) is 54.6 Å². The fourth-order valence-electron chi connectivity index (χ4n) is 2.29. The summed E-state index contributed by atoms with van der Waals surface area (Å²) in [7, 11) is 1.60. The van der Waals surface area contributed by atoms with Gasteiger partial charge in [0, 0.05) is 36.8 Å². The lowest BCUT2D eigenvalue weighted by atomic mass is 10.2. The molecule has 7 nitrogen and oxygen atoms in total. The minimum atomic E-state index is 0.581. The largest absolute Gasteiger partial charge is 0.481 e. The molecule has 0 unspecified atom stereocenters. The Morgan fingerprint density at radius 1 is 1.12 bits per heavy atom. The average Bonchev–Trinajstić information content (AvgIpc) is 3.21. The topological polar surface area (TPSA) is 77.2 Å². The molecule has 0 aromatic carbocycles. The van der Waals surface area contributed by atoms with Crippen LogP contribution in [0.1, 0.15) is 5.56 Å². The van der Waals surface area contributed by atoms with Crippen LogP contribution in [0.3, 0.4) is 0 Å². The smallest absolute Gasteiger partial charge is 0.214 e. The Hall–Kier alpha value is -3.00. The normalized spacial score (nSPS) is 10.9. The SMILES string of the molecule is COc1ccc(-c2cnc3sc(NCc4ccncc4)nn23)cn1. The summed E-state index contributed by atoms with van der Waals surface area (Å²) in [5.74, 6) is 0.581. The average molecular weight is 338 g/mol. The molecular weight excluding hydrogens is 324 g/mol. The van der Waals surface area contributed by atoms with Gasteiger partial charge in [-0.3, -0.25) is 4.98 Å². The number of hydrogen-bond acceptors (Lipinski definition) is 7. The molecular formula is C16H14N6OS. The van der Waals surface area contributed by atoms with Crippen LogP contribution in [0.5, 0.6) is 5.88 Å². The lowest BCUT2D eigenvalue weighted by Gasteiger charge is -2.02. The predicted octanol–water partition coefficient (Wildman–Crippen LogP) is 2.87. The van der Waals surface area contributed by atoms with Crippen molar-refractivity contribution in [3.63, 3.8) is 0 Å². The number of methoxy groups -OCH3 is 1. The van der Waals surface area contributed by atoms with Crippen LogP contribution < -0.4 is 10.1 Å². The summed E-state index contributed by atoms with van der Waals surface area (Å²) in [6.45, 7) is 0.693. The number of imidazole rings is 1. The van der Waals surface area contributed by atoms with Gasteiger partial charge in [-0.05, 0) is 23.8 Å². The number of nitrogens with zero attached hydrogens (tertiary/aromatic N) is 5. The molecule has 4 heterocycles. The maximum atomic E-state index is 5.09. The highest BCUT2D eigenvalue weighted by Gasteiger charge is 2.12. The summed E-state index contributed by atoms with van der Waals surface area (Å²) in [6, 6.07) is 7.71. The van der Waals surface area contributed by atoms with Gasteiger partial charge in [-0.2, -0.15) is 0 Å². The van der Waals surface area contributed by atoms with Gasteiger partial charge in [-0.25, -0.2) is 14.5 Å². The van der Waals surface area contributed by atoms with Gasteiger partial charge in [0.2, 0.25) is 16.0 Å². The molecule has 0 spiro atoms. The third kappa shape index (κ3) is 2.79. The molecule has 8 heteroatoms. The summed E-state index contributed by atoms with van der Waals surface area (Å²) in [6.07, 6.45) is 7.11. The minimum Gasteiger partial charge on any atom is -0.481 e. The molecule has 4 rings (SSSR count). The molecule has 0 aliphatic heterocycles. The minimum absolute atomic E-state index is 0.581. The molecule has 120 valence electrons. The van der Waals surface area contributed by atoms with Gasteiger partial charge in [0.15, 0.2) is 0 Å². The first-order valence-electron chi connectivity index (χ1n) is 7.31. The van der Waals surface area contributed by atoms with E-state index < -0.39 is 0 Å². The van der Waals surface area contributed by atoms with Gasteiger partial charge < -0.3 is 10.1 Å². The van der Waals surface area contributed by atoms with E-state index in [4.69, 9.17) is 4.74 Å². The Labute approximate surface area is 142 Å². The molecule has 0 aliphatic rings. The Morgan fingerprint density at radius 2 is 2.00 bits per heavy atom. The van der Waals surface area contributed by atoms with E-state index in [1.54, 1.807) is 31.9 Å². The fraction of sp³-hybridized carbons (Fsp3) is 0.125. The van der Waals surface area contributed by atoms with E-state index in [0.717, 1.165) is 26.9 Å². The lowest BCUT2D eigenvalue weighted by Crippen LogP contribution is -2.00. The van der Waals surface area contributed by atoms with Crippen LogP contribution in [0, 0.1) is 0 Å². The van der Waals surface area contributed by atoms with E-state index in [0.29, 0.717) is 12.4 Å². The first-order valence-corrected chi connectivity index (χ1v) is 8.13. The second-order valence-electron chi connectivity index (χ2n) is 5.04. The molecule has 0 saturated heterocycles. The quantitative estimate of drug-likeness (QED) is 0.603. The highest BCUT2D eigenvalue weighted by Crippen LogP contribution is 2.26. The van der Waals surface area contributed by atoms with Gasteiger partial charge in [0.1, 0.15) is 0 Å². The standard InChI is InChI=1S/C16H14N6OS/c1-23-14-3-2-12(9-18-14)13-10-20-16-22(13)21-15(24-16)19-8-11-4-6-17-7-5-11/h2-7,9-10H,8H2,1H3,(H,19,21). The van der Waals surface area contributed by atoms with E-state index >= 15 is 0 Å². The molecule has 0 bridgehead atoms. The fourth-order valence-corrected chi connectivity index (χ4v) is 3.06. The maximum absolute atomic E-state index is 5.09. The van der Waals surface area contributed by atoms with Crippen LogP contribution in [0.4, 0.5) is 5.13 Å². The zero-order valence-corrected chi connectivity index (χ0v) is 13.7. The first-order chi connectivity index (χ1) is 11.8. The Morgan fingerprint density at radius 3 is 2.75 bits per heavy atom. The molecule has 4 aromatic rings. The number of nitrogens with one attached hydrogen (secondary N) is 1. The van der Waals surface area contributed by atoms with Crippen molar-refractivity contribution in [1.82, 2.24) is 24.6 Å². The van der Waals surface area contributed by atoms with Gasteiger partial charge in [-0.1, -0.05) is 11.3 Å². The number of hydrogen-bond donors (Lipinski definition) is 1. The molecule has 0 fully saturated rings. The molecule has 4 aromatic heterocycles. The zero-order chi connectivity index (χ0) is 16.4. The molecule has 0 aliphatic carbocycles. The van der Waals surface area contributed by atoms with Crippen molar-refractivity contribution in [2.45, 2.75) is 6.54 Å². The summed E-state index contributed by atoms with van der Waals surface area (Å²) >= 11 is 1.51. The molecule has 24 heavy (non-hydrogen) atoms. The number of anilines is 1. The van der Waals surface area contributed by atoms with Gasteiger partial charge >= 0.3 is 0 Å². The van der Waals surface area contributed by atoms with Crippen LogP contribution in [-0.2, 0) is 6.54 Å². The van der Waals surface area contributed by atoms with Crippen molar-refractivity contribution in [3.8, 4) is 17.1 Å². The zero-order valence-electron chi connectivity index (χ0n) is 12.9. The highest BCUT2D eigenvalue weighted by molar-refractivity contribution is 7.20. The Bertz CT molecular complexity index is 948. The van der Waals surface area contributed by atoms with E-state index in [2.05, 4.69) is 25.4 Å². The number of fused-ring (bicyclic) bond motifs is 1. The van der Waals surface area contributed by atoms with E-state index in [1.807, 2.05) is 28.8 Å². The third-order valence-corrected chi connectivity index (χ3v) is 4.40. The van der Waals surface area contributed by atoms with Crippen molar-refractivity contribution in [2.24, 2.45) is 0 Å².